The number of anilines is 1. The van der Waals surface area contributed by atoms with Gasteiger partial charge in [0.25, 0.3) is 0 Å². The molecule has 0 atom stereocenters. The Hall–Kier alpha value is -1.69. The van der Waals surface area contributed by atoms with Crippen LogP contribution in [0.5, 0.6) is 0 Å². The number of hydrogen-bond donors (Lipinski definition) is 0. The van der Waals surface area contributed by atoms with Crippen molar-refractivity contribution in [1.82, 2.24) is 24.5 Å². The van der Waals surface area contributed by atoms with E-state index in [9.17, 15) is 0 Å². The van der Waals surface area contributed by atoms with Crippen LogP contribution >= 0.6 is 11.6 Å². The van der Waals surface area contributed by atoms with E-state index in [1.54, 1.807) is 23.3 Å². The Labute approximate surface area is 97.9 Å². The van der Waals surface area contributed by atoms with E-state index in [0.717, 1.165) is 6.54 Å². The lowest BCUT2D eigenvalue weighted by molar-refractivity contribution is 0.840. The molecule has 0 fully saturated rings. The van der Waals surface area contributed by atoms with Crippen LogP contribution in [0.4, 0.5) is 5.95 Å². The molecular formula is C9H11ClN6. The molecule has 16 heavy (non-hydrogen) atoms. The van der Waals surface area contributed by atoms with Crippen molar-refractivity contribution < 1.29 is 0 Å². The van der Waals surface area contributed by atoms with Gasteiger partial charge in [-0.2, -0.15) is 15.0 Å². The van der Waals surface area contributed by atoms with Gasteiger partial charge in [-0.25, -0.2) is 4.98 Å². The zero-order chi connectivity index (χ0) is 11.5. The van der Waals surface area contributed by atoms with E-state index in [-0.39, 0.29) is 5.28 Å². The Morgan fingerprint density at radius 2 is 2.19 bits per heavy atom. The van der Waals surface area contributed by atoms with Crippen LogP contribution in [0.1, 0.15) is 6.92 Å². The zero-order valence-electron chi connectivity index (χ0n) is 9.00. The quantitative estimate of drug-likeness (QED) is 0.803. The summed E-state index contributed by atoms with van der Waals surface area (Å²) in [5.41, 5.74) is 0. The summed E-state index contributed by atoms with van der Waals surface area (Å²) >= 11 is 5.85. The third kappa shape index (κ3) is 2.11. The summed E-state index contributed by atoms with van der Waals surface area (Å²) in [4.78, 5) is 18.2. The van der Waals surface area contributed by atoms with Crippen LogP contribution in [-0.2, 0) is 0 Å². The Kier molecular flexibility index (Phi) is 3.00. The SMILES string of the molecule is CCN(C)c1nc(Cl)nc(-n2ccnc2)n1. The van der Waals surface area contributed by atoms with Crippen molar-refractivity contribution in [3.05, 3.63) is 24.0 Å². The first-order valence-electron chi connectivity index (χ1n) is 4.81. The van der Waals surface area contributed by atoms with Crippen molar-refractivity contribution >= 4 is 17.5 Å². The number of imidazole rings is 1. The third-order valence-corrected chi connectivity index (χ3v) is 2.30. The van der Waals surface area contributed by atoms with Gasteiger partial charge in [-0.3, -0.25) is 4.57 Å². The second kappa shape index (κ2) is 4.44. The first-order chi connectivity index (χ1) is 7.70. The van der Waals surface area contributed by atoms with E-state index in [2.05, 4.69) is 19.9 Å². The van der Waals surface area contributed by atoms with Crippen molar-refractivity contribution in [2.24, 2.45) is 0 Å². The maximum absolute atomic E-state index is 5.85. The topological polar surface area (TPSA) is 59.7 Å². The fourth-order valence-electron chi connectivity index (χ4n) is 1.13. The van der Waals surface area contributed by atoms with Gasteiger partial charge in [-0.1, -0.05) is 0 Å². The van der Waals surface area contributed by atoms with Crippen molar-refractivity contribution in [3.63, 3.8) is 0 Å². The lowest BCUT2D eigenvalue weighted by Gasteiger charge is -2.14. The molecule has 0 aliphatic rings. The molecule has 2 heterocycles. The summed E-state index contributed by atoms with van der Waals surface area (Å²) < 4.78 is 1.68. The lowest BCUT2D eigenvalue weighted by atomic mass is 10.6. The summed E-state index contributed by atoms with van der Waals surface area (Å²) in [6, 6.07) is 0. The smallest absolute Gasteiger partial charge is 0.241 e. The summed E-state index contributed by atoms with van der Waals surface area (Å²) in [5, 5.41) is 0.175. The van der Waals surface area contributed by atoms with Gasteiger partial charge in [-0.15, -0.1) is 0 Å². The molecule has 0 aliphatic carbocycles. The summed E-state index contributed by atoms with van der Waals surface area (Å²) in [6.45, 7) is 2.80. The van der Waals surface area contributed by atoms with E-state index < -0.39 is 0 Å². The monoisotopic (exact) mass is 238 g/mol. The van der Waals surface area contributed by atoms with Crippen LogP contribution in [0, 0.1) is 0 Å². The lowest BCUT2D eigenvalue weighted by Crippen LogP contribution is -2.20. The number of halogens is 1. The van der Waals surface area contributed by atoms with Gasteiger partial charge in [-0.05, 0) is 18.5 Å². The highest BCUT2D eigenvalue weighted by Gasteiger charge is 2.08. The molecule has 84 valence electrons. The maximum atomic E-state index is 5.85. The molecule has 0 aromatic carbocycles. The molecule has 7 heteroatoms. The predicted molar refractivity (Wildman–Crippen MR) is 60.9 cm³/mol. The van der Waals surface area contributed by atoms with Crippen LogP contribution in [0.2, 0.25) is 5.28 Å². The third-order valence-electron chi connectivity index (χ3n) is 2.14. The first kappa shape index (κ1) is 10.8. The molecule has 0 bridgehead atoms. The van der Waals surface area contributed by atoms with Gasteiger partial charge in [0.15, 0.2) is 0 Å². The van der Waals surface area contributed by atoms with Crippen LogP contribution in [0.15, 0.2) is 18.7 Å². The van der Waals surface area contributed by atoms with Gasteiger partial charge in [0.1, 0.15) is 6.33 Å². The van der Waals surface area contributed by atoms with Crippen LogP contribution in [-0.4, -0.2) is 38.1 Å². The molecule has 2 aromatic heterocycles. The van der Waals surface area contributed by atoms with Gasteiger partial charge < -0.3 is 4.90 Å². The van der Waals surface area contributed by atoms with E-state index in [1.165, 1.54) is 0 Å². The Morgan fingerprint density at radius 3 is 2.81 bits per heavy atom. The number of aromatic nitrogens is 5. The van der Waals surface area contributed by atoms with Gasteiger partial charge in [0.2, 0.25) is 17.2 Å². The zero-order valence-corrected chi connectivity index (χ0v) is 9.76. The number of rotatable bonds is 3. The molecule has 0 N–H and O–H groups in total. The maximum Gasteiger partial charge on any atom is 0.241 e. The molecular weight excluding hydrogens is 228 g/mol. The standard InChI is InChI=1S/C9H11ClN6/c1-3-15(2)8-12-7(10)13-9(14-8)16-5-4-11-6-16/h4-6H,3H2,1-2H3. The molecule has 0 unspecified atom stereocenters. The highest BCUT2D eigenvalue weighted by molar-refractivity contribution is 6.28. The first-order valence-corrected chi connectivity index (χ1v) is 5.19. The summed E-state index contributed by atoms with van der Waals surface area (Å²) in [5.74, 6) is 1.01. The molecule has 0 saturated carbocycles. The van der Waals surface area contributed by atoms with Crippen molar-refractivity contribution in [3.8, 4) is 5.95 Å². The summed E-state index contributed by atoms with van der Waals surface area (Å²) in [6.07, 6.45) is 5.02. The highest BCUT2D eigenvalue weighted by Crippen LogP contribution is 2.11. The minimum atomic E-state index is 0.175. The molecule has 0 amide bonds. The van der Waals surface area contributed by atoms with Crippen molar-refractivity contribution in [2.45, 2.75) is 6.92 Å². The minimum absolute atomic E-state index is 0.175. The normalized spacial score (nSPS) is 10.4. The second-order valence-corrected chi connectivity index (χ2v) is 3.53. The Morgan fingerprint density at radius 1 is 1.38 bits per heavy atom. The van der Waals surface area contributed by atoms with Crippen molar-refractivity contribution in [1.29, 1.82) is 0 Å². The second-order valence-electron chi connectivity index (χ2n) is 3.19. The molecule has 0 saturated heterocycles. The fourth-order valence-corrected chi connectivity index (χ4v) is 1.29. The Bertz CT molecular complexity index is 469. The highest BCUT2D eigenvalue weighted by atomic mass is 35.5. The van der Waals surface area contributed by atoms with E-state index in [1.807, 2.05) is 18.9 Å². The van der Waals surface area contributed by atoms with Crippen molar-refractivity contribution in [2.75, 3.05) is 18.5 Å². The van der Waals surface area contributed by atoms with E-state index in [0.29, 0.717) is 11.9 Å². The van der Waals surface area contributed by atoms with Crippen LogP contribution in [0.3, 0.4) is 0 Å². The van der Waals surface area contributed by atoms with Gasteiger partial charge >= 0.3 is 0 Å². The minimum Gasteiger partial charge on any atom is -0.344 e. The Balaban J connectivity index is 2.44. The molecule has 0 aliphatic heterocycles. The molecule has 0 spiro atoms. The van der Waals surface area contributed by atoms with Crippen LogP contribution < -0.4 is 4.90 Å². The van der Waals surface area contributed by atoms with Crippen LogP contribution in [0.25, 0.3) is 5.95 Å². The average Bonchev–Trinajstić information content (AvgIpc) is 2.80. The molecule has 2 rings (SSSR count). The van der Waals surface area contributed by atoms with Gasteiger partial charge in [0.05, 0.1) is 0 Å². The largest absolute Gasteiger partial charge is 0.344 e. The average molecular weight is 239 g/mol. The van der Waals surface area contributed by atoms with Gasteiger partial charge in [0, 0.05) is 26.0 Å². The predicted octanol–water partition coefficient (Wildman–Crippen LogP) is 1.17. The van der Waals surface area contributed by atoms with E-state index in [4.69, 9.17) is 11.6 Å². The number of nitrogens with zero attached hydrogens (tertiary/aromatic N) is 6. The fraction of sp³-hybridized carbons (Fsp3) is 0.333. The summed E-state index contributed by atoms with van der Waals surface area (Å²) in [7, 11) is 1.89. The molecule has 2 aromatic rings. The molecule has 0 radical (unpaired) electrons. The number of hydrogen-bond acceptors (Lipinski definition) is 5. The molecule has 6 nitrogen and oxygen atoms in total. The van der Waals surface area contributed by atoms with E-state index >= 15 is 0 Å².